The Kier molecular flexibility index (Phi) is 6.33. The SMILES string of the molecule is CN(C)CCCN(C)c1nc(N(C)CCC(N)=O)c2sccc2n1. The molecule has 7 nitrogen and oxygen atoms in total. The summed E-state index contributed by atoms with van der Waals surface area (Å²) in [5, 5.41) is 2.01. The van der Waals surface area contributed by atoms with Crippen molar-refractivity contribution in [2.24, 2.45) is 5.73 Å². The molecular weight excluding hydrogens is 324 g/mol. The van der Waals surface area contributed by atoms with E-state index in [1.54, 1.807) is 11.3 Å². The Bertz CT molecular complexity index is 686. The van der Waals surface area contributed by atoms with Gasteiger partial charge in [0, 0.05) is 33.6 Å². The molecule has 0 spiro atoms. The van der Waals surface area contributed by atoms with Crippen molar-refractivity contribution in [3.8, 4) is 0 Å². The zero-order valence-corrected chi connectivity index (χ0v) is 15.6. The molecule has 0 bridgehead atoms. The number of fused-ring (bicyclic) bond motifs is 1. The molecule has 132 valence electrons. The van der Waals surface area contributed by atoms with Crippen LogP contribution in [0.2, 0.25) is 0 Å². The third-order valence-electron chi connectivity index (χ3n) is 3.77. The van der Waals surface area contributed by atoms with Crippen molar-refractivity contribution in [2.45, 2.75) is 12.8 Å². The van der Waals surface area contributed by atoms with Gasteiger partial charge in [-0.25, -0.2) is 4.98 Å². The number of nitrogens with zero attached hydrogens (tertiary/aromatic N) is 5. The van der Waals surface area contributed by atoms with Crippen LogP contribution in [-0.2, 0) is 4.79 Å². The van der Waals surface area contributed by atoms with Gasteiger partial charge in [0.15, 0.2) is 5.82 Å². The lowest BCUT2D eigenvalue weighted by molar-refractivity contribution is -0.117. The predicted octanol–water partition coefficient (Wildman–Crippen LogP) is 1.39. The van der Waals surface area contributed by atoms with E-state index in [-0.39, 0.29) is 5.91 Å². The maximum absolute atomic E-state index is 11.1. The van der Waals surface area contributed by atoms with Crippen LogP contribution in [0.15, 0.2) is 11.4 Å². The van der Waals surface area contributed by atoms with Gasteiger partial charge in [0.1, 0.15) is 0 Å². The minimum Gasteiger partial charge on any atom is -0.370 e. The molecule has 2 rings (SSSR count). The fourth-order valence-electron chi connectivity index (χ4n) is 2.37. The quantitative estimate of drug-likeness (QED) is 0.736. The molecule has 0 aromatic carbocycles. The van der Waals surface area contributed by atoms with Gasteiger partial charge < -0.3 is 20.4 Å². The summed E-state index contributed by atoms with van der Waals surface area (Å²) in [6.45, 7) is 2.46. The van der Waals surface area contributed by atoms with E-state index >= 15 is 0 Å². The normalized spacial score (nSPS) is 11.2. The van der Waals surface area contributed by atoms with Gasteiger partial charge in [-0.1, -0.05) is 0 Å². The van der Waals surface area contributed by atoms with Crippen LogP contribution in [0, 0.1) is 0 Å². The van der Waals surface area contributed by atoms with Crippen LogP contribution in [0.3, 0.4) is 0 Å². The highest BCUT2D eigenvalue weighted by atomic mass is 32.1. The van der Waals surface area contributed by atoms with Gasteiger partial charge in [0.2, 0.25) is 11.9 Å². The van der Waals surface area contributed by atoms with Gasteiger partial charge in [-0.2, -0.15) is 4.98 Å². The van der Waals surface area contributed by atoms with E-state index in [0.717, 1.165) is 35.5 Å². The molecule has 0 unspecified atom stereocenters. The van der Waals surface area contributed by atoms with E-state index in [1.165, 1.54) is 0 Å². The van der Waals surface area contributed by atoms with E-state index in [9.17, 15) is 4.79 Å². The highest BCUT2D eigenvalue weighted by Gasteiger charge is 2.15. The van der Waals surface area contributed by atoms with Gasteiger partial charge in [-0.15, -0.1) is 11.3 Å². The highest BCUT2D eigenvalue weighted by molar-refractivity contribution is 7.17. The van der Waals surface area contributed by atoms with Crippen molar-refractivity contribution >= 4 is 39.2 Å². The fraction of sp³-hybridized carbons (Fsp3) is 0.562. The number of anilines is 2. The predicted molar refractivity (Wildman–Crippen MR) is 101 cm³/mol. The minimum absolute atomic E-state index is 0.306. The molecule has 2 aromatic heterocycles. The van der Waals surface area contributed by atoms with Crippen LogP contribution in [0.25, 0.3) is 10.2 Å². The summed E-state index contributed by atoms with van der Waals surface area (Å²) >= 11 is 1.61. The number of aromatic nitrogens is 2. The first kappa shape index (κ1) is 18.4. The monoisotopic (exact) mass is 350 g/mol. The average molecular weight is 350 g/mol. The number of primary amides is 1. The molecule has 0 fully saturated rings. The van der Waals surface area contributed by atoms with Crippen molar-refractivity contribution in [1.82, 2.24) is 14.9 Å². The Morgan fingerprint density at radius 3 is 2.54 bits per heavy atom. The van der Waals surface area contributed by atoms with Crippen LogP contribution < -0.4 is 15.5 Å². The van der Waals surface area contributed by atoms with Crippen LogP contribution in [0.1, 0.15) is 12.8 Å². The van der Waals surface area contributed by atoms with Gasteiger partial charge in [-0.3, -0.25) is 4.79 Å². The number of nitrogens with two attached hydrogens (primary N) is 1. The summed E-state index contributed by atoms with van der Waals surface area (Å²) in [6.07, 6.45) is 1.35. The second kappa shape index (κ2) is 8.25. The number of carbonyl (C=O) groups excluding carboxylic acids is 1. The van der Waals surface area contributed by atoms with E-state index in [4.69, 9.17) is 10.7 Å². The second-order valence-corrected chi connectivity index (χ2v) is 7.11. The third-order valence-corrected chi connectivity index (χ3v) is 4.67. The topological polar surface area (TPSA) is 78.6 Å². The summed E-state index contributed by atoms with van der Waals surface area (Å²) in [4.78, 5) is 26.7. The number of hydrogen-bond acceptors (Lipinski definition) is 7. The van der Waals surface area contributed by atoms with Gasteiger partial charge in [-0.05, 0) is 38.5 Å². The Morgan fingerprint density at radius 2 is 1.88 bits per heavy atom. The number of carbonyl (C=O) groups is 1. The van der Waals surface area contributed by atoms with Crippen molar-refractivity contribution in [1.29, 1.82) is 0 Å². The summed E-state index contributed by atoms with van der Waals surface area (Å²) in [6, 6.07) is 2.00. The zero-order valence-electron chi connectivity index (χ0n) is 14.8. The first-order valence-electron chi connectivity index (χ1n) is 7.99. The Labute approximate surface area is 147 Å². The van der Waals surface area contributed by atoms with Crippen molar-refractivity contribution in [3.63, 3.8) is 0 Å². The average Bonchev–Trinajstić information content (AvgIpc) is 2.99. The number of hydrogen-bond donors (Lipinski definition) is 1. The first-order chi connectivity index (χ1) is 11.4. The molecule has 2 aromatic rings. The second-order valence-electron chi connectivity index (χ2n) is 6.20. The number of thiophene rings is 1. The van der Waals surface area contributed by atoms with E-state index in [1.807, 2.05) is 30.4 Å². The molecule has 8 heteroatoms. The molecule has 0 aliphatic rings. The lowest BCUT2D eigenvalue weighted by Crippen LogP contribution is -2.27. The van der Waals surface area contributed by atoms with Crippen LogP contribution in [-0.4, -0.2) is 68.6 Å². The lowest BCUT2D eigenvalue weighted by atomic mass is 10.3. The molecule has 24 heavy (non-hydrogen) atoms. The fourth-order valence-corrected chi connectivity index (χ4v) is 3.25. The molecule has 0 radical (unpaired) electrons. The molecule has 2 N–H and O–H groups in total. The maximum atomic E-state index is 11.1. The third kappa shape index (κ3) is 4.78. The van der Waals surface area contributed by atoms with Crippen LogP contribution >= 0.6 is 11.3 Å². The van der Waals surface area contributed by atoms with E-state index in [2.05, 4.69) is 28.9 Å². The lowest BCUT2D eigenvalue weighted by Gasteiger charge is -2.22. The molecule has 0 aliphatic carbocycles. The Hall–Kier alpha value is -1.93. The smallest absolute Gasteiger partial charge is 0.227 e. The van der Waals surface area contributed by atoms with Crippen molar-refractivity contribution in [2.75, 3.05) is 57.6 Å². The van der Waals surface area contributed by atoms with Crippen molar-refractivity contribution < 1.29 is 4.79 Å². The van der Waals surface area contributed by atoms with Gasteiger partial charge in [0.25, 0.3) is 0 Å². The van der Waals surface area contributed by atoms with Gasteiger partial charge in [0.05, 0.1) is 10.2 Å². The number of rotatable bonds is 9. The molecule has 0 saturated carbocycles. The molecule has 2 heterocycles. The Balaban J connectivity index is 2.20. The number of amides is 1. The van der Waals surface area contributed by atoms with Crippen molar-refractivity contribution in [3.05, 3.63) is 11.4 Å². The first-order valence-corrected chi connectivity index (χ1v) is 8.87. The minimum atomic E-state index is -0.306. The summed E-state index contributed by atoms with van der Waals surface area (Å²) in [5.41, 5.74) is 6.20. The van der Waals surface area contributed by atoms with E-state index < -0.39 is 0 Å². The maximum Gasteiger partial charge on any atom is 0.227 e. The summed E-state index contributed by atoms with van der Waals surface area (Å²) in [5.74, 6) is 1.26. The molecule has 0 atom stereocenters. The summed E-state index contributed by atoms with van der Waals surface area (Å²) < 4.78 is 1.03. The standard InChI is InChI=1S/C16H26N6OS/c1-20(2)8-5-9-22(4)16-18-12-7-11-24-14(12)15(19-16)21(3)10-6-13(17)23/h7,11H,5-6,8-10H2,1-4H3,(H2,17,23). The molecule has 0 saturated heterocycles. The van der Waals surface area contributed by atoms with Crippen LogP contribution in [0.4, 0.5) is 11.8 Å². The van der Waals surface area contributed by atoms with Crippen LogP contribution in [0.5, 0.6) is 0 Å². The summed E-state index contributed by atoms with van der Waals surface area (Å²) in [7, 11) is 8.08. The zero-order chi connectivity index (χ0) is 17.7. The highest BCUT2D eigenvalue weighted by Crippen LogP contribution is 2.30. The van der Waals surface area contributed by atoms with E-state index in [0.29, 0.717) is 18.9 Å². The molecule has 0 aliphatic heterocycles. The molecule has 1 amide bonds. The Morgan fingerprint density at radius 1 is 1.12 bits per heavy atom. The van der Waals surface area contributed by atoms with Gasteiger partial charge >= 0.3 is 0 Å². The largest absolute Gasteiger partial charge is 0.370 e. The molecular formula is C16H26N6OS.